The number of carbonyl (C=O) groups excluding carboxylic acids is 3. The molecule has 1 atom stereocenters. The highest BCUT2D eigenvalue weighted by molar-refractivity contribution is 6.00. The first-order valence-corrected chi connectivity index (χ1v) is 10.4. The van der Waals surface area contributed by atoms with Crippen LogP contribution in [-0.4, -0.2) is 37.0 Å². The topological polar surface area (TPSA) is 78.9 Å². The van der Waals surface area contributed by atoms with Crippen LogP contribution in [0.5, 0.6) is 5.75 Å². The minimum atomic E-state index is -1.31. The zero-order valence-electron chi connectivity index (χ0n) is 18.7. The van der Waals surface area contributed by atoms with Crippen molar-refractivity contribution in [2.45, 2.75) is 52.2 Å². The van der Waals surface area contributed by atoms with Crippen molar-refractivity contribution in [3.8, 4) is 5.75 Å². The van der Waals surface area contributed by atoms with Crippen molar-refractivity contribution >= 4 is 17.7 Å². The van der Waals surface area contributed by atoms with Gasteiger partial charge in [-0.1, -0.05) is 48.5 Å². The van der Waals surface area contributed by atoms with Crippen LogP contribution < -0.4 is 4.74 Å². The predicted octanol–water partition coefficient (Wildman–Crippen LogP) is 4.57. The number of esters is 2. The Labute approximate surface area is 183 Å². The molecule has 0 aliphatic heterocycles. The van der Waals surface area contributed by atoms with Gasteiger partial charge in [-0.15, -0.1) is 0 Å². The van der Waals surface area contributed by atoms with Gasteiger partial charge in [0.15, 0.2) is 11.7 Å². The molecule has 0 aliphatic carbocycles. The molecule has 0 aromatic heterocycles. The number of hydrogen-bond donors (Lipinski definition) is 0. The van der Waals surface area contributed by atoms with E-state index in [4.69, 9.17) is 14.2 Å². The first kappa shape index (κ1) is 24.1. The lowest BCUT2D eigenvalue weighted by Gasteiger charge is -2.27. The van der Waals surface area contributed by atoms with Crippen molar-refractivity contribution in [3.05, 3.63) is 65.7 Å². The largest absolute Gasteiger partial charge is 0.496 e. The molecule has 2 aromatic rings. The smallest absolute Gasteiger partial charge is 0.321 e. The molecule has 2 rings (SSSR count). The average Bonchev–Trinajstić information content (AvgIpc) is 2.72. The van der Waals surface area contributed by atoms with Crippen LogP contribution in [0.1, 0.15) is 56.0 Å². The van der Waals surface area contributed by atoms with Crippen LogP contribution in [-0.2, 0) is 19.1 Å². The van der Waals surface area contributed by atoms with E-state index in [9.17, 15) is 14.4 Å². The minimum Gasteiger partial charge on any atom is -0.496 e. The number of Topliss-reactive ketones (excluding diaryl/α,β-unsaturated/α-hetero) is 1. The number of carbonyl (C=O) groups is 3. The zero-order chi connectivity index (χ0) is 23.0. The molecule has 6 heteroatoms. The van der Waals surface area contributed by atoms with Gasteiger partial charge >= 0.3 is 11.9 Å². The summed E-state index contributed by atoms with van der Waals surface area (Å²) in [6.07, 6.45) is -0.940. The van der Waals surface area contributed by atoms with Crippen LogP contribution >= 0.6 is 0 Å². The van der Waals surface area contributed by atoms with Gasteiger partial charge in [0, 0.05) is 17.9 Å². The Morgan fingerprint density at radius 2 is 1.29 bits per heavy atom. The molecule has 0 heterocycles. The standard InChI is InChI=1S/C25H30O6/c1-16(2)30-24(27)23(25(28)31-17(3)4)20(19-13-9-10-14-22(19)29-5)15-21(26)18-11-7-6-8-12-18/h6-14,16-17,20,23H,15H2,1-5H3/t20-/m1/s1. The third-order valence-corrected chi connectivity index (χ3v) is 4.65. The molecule has 6 nitrogen and oxygen atoms in total. The summed E-state index contributed by atoms with van der Waals surface area (Å²) in [5, 5.41) is 0. The Bertz CT molecular complexity index is 866. The van der Waals surface area contributed by atoms with Gasteiger partial charge in [-0.3, -0.25) is 14.4 Å². The Kier molecular flexibility index (Phi) is 8.79. The van der Waals surface area contributed by atoms with E-state index in [1.54, 1.807) is 76.2 Å². The van der Waals surface area contributed by atoms with E-state index in [-0.39, 0.29) is 12.2 Å². The number of rotatable bonds is 10. The third-order valence-electron chi connectivity index (χ3n) is 4.65. The predicted molar refractivity (Wildman–Crippen MR) is 117 cm³/mol. The molecule has 0 saturated carbocycles. The van der Waals surface area contributed by atoms with Crippen molar-refractivity contribution in [3.63, 3.8) is 0 Å². The number of ether oxygens (including phenoxy) is 3. The molecular formula is C25H30O6. The zero-order valence-corrected chi connectivity index (χ0v) is 18.7. The number of methoxy groups -OCH3 is 1. The fourth-order valence-corrected chi connectivity index (χ4v) is 3.36. The van der Waals surface area contributed by atoms with Crippen molar-refractivity contribution in [2.75, 3.05) is 7.11 Å². The normalized spacial score (nSPS) is 12.0. The second kappa shape index (κ2) is 11.3. The maximum Gasteiger partial charge on any atom is 0.321 e. The van der Waals surface area contributed by atoms with Crippen molar-refractivity contribution in [2.24, 2.45) is 5.92 Å². The summed E-state index contributed by atoms with van der Waals surface area (Å²) in [6, 6.07) is 15.8. The van der Waals surface area contributed by atoms with Gasteiger partial charge < -0.3 is 14.2 Å². The molecule has 0 spiro atoms. The second-order valence-electron chi connectivity index (χ2n) is 7.79. The van der Waals surface area contributed by atoms with E-state index in [0.29, 0.717) is 16.9 Å². The van der Waals surface area contributed by atoms with Gasteiger partial charge in [-0.05, 0) is 39.3 Å². The van der Waals surface area contributed by atoms with Crippen LogP contribution in [0, 0.1) is 5.92 Å². The monoisotopic (exact) mass is 426 g/mol. The third kappa shape index (κ3) is 6.67. The van der Waals surface area contributed by atoms with Gasteiger partial charge in [0.1, 0.15) is 5.75 Å². The van der Waals surface area contributed by atoms with Crippen LogP contribution in [0.25, 0.3) is 0 Å². The maximum absolute atomic E-state index is 13.1. The molecule has 166 valence electrons. The summed E-state index contributed by atoms with van der Waals surface area (Å²) >= 11 is 0. The number of benzene rings is 2. The fraction of sp³-hybridized carbons (Fsp3) is 0.400. The fourth-order valence-electron chi connectivity index (χ4n) is 3.36. The van der Waals surface area contributed by atoms with Gasteiger partial charge in [0.2, 0.25) is 0 Å². The average molecular weight is 427 g/mol. The van der Waals surface area contributed by atoms with E-state index >= 15 is 0 Å². The van der Waals surface area contributed by atoms with E-state index in [1.807, 2.05) is 6.07 Å². The number of para-hydroxylation sites is 1. The highest BCUT2D eigenvalue weighted by Crippen LogP contribution is 2.37. The highest BCUT2D eigenvalue weighted by Gasteiger charge is 2.41. The molecule has 0 unspecified atom stereocenters. The van der Waals surface area contributed by atoms with E-state index < -0.39 is 36.0 Å². The van der Waals surface area contributed by atoms with Crippen molar-refractivity contribution in [1.29, 1.82) is 0 Å². The van der Waals surface area contributed by atoms with E-state index in [2.05, 4.69) is 0 Å². The quantitative estimate of drug-likeness (QED) is 0.315. The number of ketones is 1. The summed E-state index contributed by atoms with van der Waals surface area (Å²) in [5.41, 5.74) is 1.07. The molecule has 2 aromatic carbocycles. The molecule has 0 amide bonds. The Morgan fingerprint density at radius 1 is 0.774 bits per heavy atom. The SMILES string of the molecule is COc1ccccc1[C@@H](CC(=O)c1ccccc1)C(C(=O)OC(C)C)C(=O)OC(C)C. The number of hydrogen-bond acceptors (Lipinski definition) is 6. The minimum absolute atomic E-state index is 0.0879. The highest BCUT2D eigenvalue weighted by atomic mass is 16.6. The van der Waals surface area contributed by atoms with Crippen molar-refractivity contribution < 1.29 is 28.6 Å². The van der Waals surface area contributed by atoms with Crippen molar-refractivity contribution in [1.82, 2.24) is 0 Å². The summed E-state index contributed by atoms with van der Waals surface area (Å²) < 4.78 is 16.2. The van der Waals surface area contributed by atoms with Gasteiger partial charge in [0.05, 0.1) is 19.3 Å². The molecule has 0 bridgehead atoms. The maximum atomic E-state index is 13.1. The lowest BCUT2D eigenvalue weighted by Crippen LogP contribution is -2.36. The molecular weight excluding hydrogens is 396 g/mol. The van der Waals surface area contributed by atoms with E-state index in [0.717, 1.165) is 0 Å². The van der Waals surface area contributed by atoms with Gasteiger partial charge in [-0.2, -0.15) is 0 Å². The molecule has 31 heavy (non-hydrogen) atoms. The molecule has 0 fully saturated rings. The lowest BCUT2D eigenvalue weighted by atomic mass is 9.80. The summed E-state index contributed by atoms with van der Waals surface area (Å²) in [7, 11) is 1.50. The summed E-state index contributed by atoms with van der Waals surface area (Å²) in [6.45, 7) is 6.82. The van der Waals surface area contributed by atoms with Crippen LogP contribution in [0.3, 0.4) is 0 Å². The van der Waals surface area contributed by atoms with Crippen LogP contribution in [0.4, 0.5) is 0 Å². The molecule has 0 N–H and O–H groups in total. The Morgan fingerprint density at radius 3 is 1.81 bits per heavy atom. The summed E-state index contributed by atoms with van der Waals surface area (Å²) in [4.78, 5) is 39.1. The lowest BCUT2D eigenvalue weighted by molar-refractivity contribution is -0.167. The van der Waals surface area contributed by atoms with Crippen LogP contribution in [0.15, 0.2) is 54.6 Å². The Balaban J connectivity index is 2.55. The van der Waals surface area contributed by atoms with Gasteiger partial charge in [-0.25, -0.2) is 0 Å². The van der Waals surface area contributed by atoms with Gasteiger partial charge in [0.25, 0.3) is 0 Å². The Hall–Kier alpha value is -3.15. The second-order valence-corrected chi connectivity index (χ2v) is 7.79. The van der Waals surface area contributed by atoms with E-state index in [1.165, 1.54) is 7.11 Å². The first-order chi connectivity index (χ1) is 14.7. The molecule has 0 radical (unpaired) electrons. The summed E-state index contributed by atoms with van der Waals surface area (Å²) in [5.74, 6) is -3.30. The molecule has 0 aliphatic rings. The van der Waals surface area contributed by atoms with Crippen LogP contribution in [0.2, 0.25) is 0 Å². The molecule has 0 saturated heterocycles. The first-order valence-electron chi connectivity index (χ1n) is 10.4.